The predicted molar refractivity (Wildman–Crippen MR) is 54.6 cm³/mol. The van der Waals surface area contributed by atoms with E-state index in [2.05, 4.69) is 0 Å². The van der Waals surface area contributed by atoms with Crippen molar-refractivity contribution in [2.75, 3.05) is 13.1 Å². The highest BCUT2D eigenvalue weighted by molar-refractivity contribution is 5.82. The summed E-state index contributed by atoms with van der Waals surface area (Å²) in [6.07, 6.45) is 1.61. The largest absolute Gasteiger partial charge is 0.393 e. The quantitative estimate of drug-likeness (QED) is 0.671. The fourth-order valence-electron chi connectivity index (χ4n) is 1.67. The monoisotopic (exact) mass is 200 g/mol. The van der Waals surface area contributed by atoms with Crippen molar-refractivity contribution >= 4 is 5.91 Å². The lowest BCUT2D eigenvalue weighted by molar-refractivity contribution is -0.133. The van der Waals surface area contributed by atoms with Gasteiger partial charge in [0, 0.05) is 19.0 Å². The maximum Gasteiger partial charge on any atom is 0.239 e. The minimum atomic E-state index is -0.562. The van der Waals surface area contributed by atoms with Gasteiger partial charge in [0.2, 0.25) is 5.91 Å². The molecule has 0 aromatic heterocycles. The third-order valence-corrected chi connectivity index (χ3v) is 3.03. The van der Waals surface area contributed by atoms with Gasteiger partial charge in [0.1, 0.15) is 0 Å². The second kappa shape index (κ2) is 4.75. The number of nitrogens with two attached hydrogens (primary N) is 1. The SMILES string of the molecule is C[C@@H]([C@H](C)O)[C@H](N)C(=O)N1CCCC1. The van der Waals surface area contributed by atoms with Crippen molar-refractivity contribution in [3.05, 3.63) is 0 Å². The van der Waals surface area contributed by atoms with E-state index in [0.29, 0.717) is 0 Å². The molecule has 14 heavy (non-hydrogen) atoms. The van der Waals surface area contributed by atoms with Crippen LogP contribution >= 0.6 is 0 Å². The molecule has 1 rings (SSSR count). The zero-order valence-corrected chi connectivity index (χ0v) is 8.94. The Bertz CT molecular complexity index is 200. The molecule has 0 saturated carbocycles. The highest BCUT2D eigenvalue weighted by Gasteiger charge is 2.29. The topological polar surface area (TPSA) is 66.6 Å². The molecule has 0 aliphatic carbocycles. The third-order valence-electron chi connectivity index (χ3n) is 3.03. The van der Waals surface area contributed by atoms with Gasteiger partial charge in [0.25, 0.3) is 0 Å². The Balaban J connectivity index is 2.50. The van der Waals surface area contributed by atoms with Gasteiger partial charge in [-0.05, 0) is 19.8 Å². The van der Waals surface area contributed by atoms with Crippen LogP contribution in [-0.2, 0) is 4.79 Å². The molecule has 0 radical (unpaired) electrons. The minimum absolute atomic E-state index is 0.0177. The second-order valence-corrected chi connectivity index (χ2v) is 4.16. The summed E-state index contributed by atoms with van der Waals surface area (Å²) in [7, 11) is 0. The van der Waals surface area contributed by atoms with E-state index in [-0.39, 0.29) is 11.8 Å². The summed E-state index contributed by atoms with van der Waals surface area (Å²) in [5.74, 6) is -0.195. The van der Waals surface area contributed by atoms with Crippen LogP contribution < -0.4 is 5.73 Å². The molecule has 3 N–H and O–H groups in total. The average Bonchev–Trinajstić information content (AvgIpc) is 2.67. The summed E-state index contributed by atoms with van der Waals surface area (Å²) in [5.41, 5.74) is 5.79. The van der Waals surface area contributed by atoms with Crippen LogP contribution in [-0.4, -0.2) is 41.1 Å². The second-order valence-electron chi connectivity index (χ2n) is 4.16. The molecule has 1 aliphatic heterocycles. The number of nitrogens with zero attached hydrogens (tertiary/aromatic N) is 1. The van der Waals surface area contributed by atoms with E-state index >= 15 is 0 Å². The maximum absolute atomic E-state index is 11.8. The molecule has 0 spiro atoms. The van der Waals surface area contributed by atoms with Crippen molar-refractivity contribution in [2.45, 2.75) is 38.8 Å². The van der Waals surface area contributed by atoms with Gasteiger partial charge in [-0.15, -0.1) is 0 Å². The van der Waals surface area contributed by atoms with Crippen molar-refractivity contribution in [3.63, 3.8) is 0 Å². The molecule has 0 unspecified atom stereocenters. The molecule has 4 nitrogen and oxygen atoms in total. The van der Waals surface area contributed by atoms with Crippen LogP contribution in [0.2, 0.25) is 0 Å². The normalized spacial score (nSPS) is 23.3. The first-order chi connectivity index (χ1) is 6.54. The summed E-state index contributed by atoms with van der Waals surface area (Å²) in [6.45, 7) is 5.11. The first-order valence-electron chi connectivity index (χ1n) is 5.26. The molecule has 0 aromatic rings. The van der Waals surface area contributed by atoms with Crippen molar-refractivity contribution in [2.24, 2.45) is 11.7 Å². The van der Waals surface area contributed by atoms with Crippen LogP contribution in [0.3, 0.4) is 0 Å². The highest BCUT2D eigenvalue weighted by atomic mass is 16.3. The van der Waals surface area contributed by atoms with Gasteiger partial charge in [-0.25, -0.2) is 0 Å². The molecule has 1 heterocycles. The van der Waals surface area contributed by atoms with Crippen LogP contribution in [0, 0.1) is 5.92 Å². The molecule has 1 amide bonds. The number of hydrogen-bond acceptors (Lipinski definition) is 3. The van der Waals surface area contributed by atoms with Crippen molar-refractivity contribution in [1.82, 2.24) is 4.90 Å². The predicted octanol–water partition coefficient (Wildman–Crippen LogP) is -0.0470. The summed E-state index contributed by atoms with van der Waals surface area (Å²) < 4.78 is 0. The Morgan fingerprint density at radius 3 is 2.29 bits per heavy atom. The molecule has 4 heteroatoms. The van der Waals surface area contributed by atoms with Gasteiger partial charge in [-0.3, -0.25) is 4.79 Å². The molecule has 1 saturated heterocycles. The lowest BCUT2D eigenvalue weighted by Gasteiger charge is -2.26. The van der Waals surface area contributed by atoms with Gasteiger partial charge in [-0.1, -0.05) is 6.92 Å². The van der Waals surface area contributed by atoms with Crippen LogP contribution in [0.4, 0.5) is 0 Å². The lowest BCUT2D eigenvalue weighted by atomic mass is 9.96. The van der Waals surface area contributed by atoms with E-state index in [1.165, 1.54) is 0 Å². The zero-order chi connectivity index (χ0) is 10.7. The Morgan fingerprint density at radius 2 is 1.86 bits per heavy atom. The Morgan fingerprint density at radius 1 is 1.36 bits per heavy atom. The number of carbonyl (C=O) groups excluding carboxylic acids is 1. The summed E-state index contributed by atoms with van der Waals surface area (Å²) in [6, 6.07) is -0.562. The number of likely N-dealkylation sites (tertiary alicyclic amines) is 1. The molecular weight excluding hydrogens is 180 g/mol. The van der Waals surface area contributed by atoms with Gasteiger partial charge < -0.3 is 15.7 Å². The average molecular weight is 200 g/mol. The number of hydrogen-bond donors (Lipinski definition) is 2. The van der Waals surface area contributed by atoms with Crippen LogP contribution in [0.25, 0.3) is 0 Å². The number of aliphatic hydroxyl groups is 1. The fraction of sp³-hybridized carbons (Fsp3) is 0.900. The zero-order valence-electron chi connectivity index (χ0n) is 8.94. The third kappa shape index (κ3) is 2.45. The van der Waals surface area contributed by atoms with Gasteiger partial charge in [0.15, 0.2) is 0 Å². The first-order valence-corrected chi connectivity index (χ1v) is 5.26. The lowest BCUT2D eigenvalue weighted by Crippen LogP contribution is -2.48. The molecule has 1 fully saturated rings. The molecule has 82 valence electrons. The minimum Gasteiger partial charge on any atom is -0.393 e. The number of rotatable bonds is 3. The maximum atomic E-state index is 11.8. The summed E-state index contributed by atoms with van der Waals surface area (Å²) in [5, 5.41) is 9.33. The van der Waals surface area contributed by atoms with Gasteiger partial charge >= 0.3 is 0 Å². The molecule has 0 bridgehead atoms. The Kier molecular flexibility index (Phi) is 3.89. The number of aliphatic hydroxyl groups excluding tert-OH is 1. The van der Waals surface area contributed by atoms with E-state index in [1.807, 2.05) is 6.92 Å². The fourth-order valence-corrected chi connectivity index (χ4v) is 1.67. The van der Waals surface area contributed by atoms with E-state index in [1.54, 1.807) is 11.8 Å². The van der Waals surface area contributed by atoms with Crippen LogP contribution in [0.5, 0.6) is 0 Å². The van der Waals surface area contributed by atoms with E-state index in [4.69, 9.17) is 5.73 Å². The number of amides is 1. The van der Waals surface area contributed by atoms with Crippen molar-refractivity contribution < 1.29 is 9.90 Å². The van der Waals surface area contributed by atoms with E-state index in [0.717, 1.165) is 25.9 Å². The van der Waals surface area contributed by atoms with Crippen molar-refractivity contribution in [1.29, 1.82) is 0 Å². The van der Waals surface area contributed by atoms with Crippen LogP contribution in [0.15, 0.2) is 0 Å². The van der Waals surface area contributed by atoms with Gasteiger partial charge in [-0.2, -0.15) is 0 Å². The number of carbonyl (C=O) groups is 1. The highest BCUT2D eigenvalue weighted by Crippen LogP contribution is 2.13. The molecular formula is C10H20N2O2. The van der Waals surface area contributed by atoms with E-state index in [9.17, 15) is 9.90 Å². The summed E-state index contributed by atoms with van der Waals surface area (Å²) in [4.78, 5) is 13.6. The molecule has 0 aromatic carbocycles. The van der Waals surface area contributed by atoms with E-state index < -0.39 is 12.1 Å². The standard InChI is InChI=1S/C10H20N2O2/c1-7(8(2)13)9(11)10(14)12-5-3-4-6-12/h7-9,13H,3-6,11H2,1-2H3/t7-,8-,9-/m0/s1. The van der Waals surface area contributed by atoms with Crippen molar-refractivity contribution in [3.8, 4) is 0 Å². The Hall–Kier alpha value is -0.610. The summed E-state index contributed by atoms with van der Waals surface area (Å²) >= 11 is 0. The smallest absolute Gasteiger partial charge is 0.239 e. The Labute approximate surface area is 85.1 Å². The van der Waals surface area contributed by atoms with Gasteiger partial charge in [0.05, 0.1) is 12.1 Å². The molecule has 3 atom stereocenters. The molecule has 1 aliphatic rings. The first kappa shape index (κ1) is 11.5. The van der Waals surface area contributed by atoms with Crippen LogP contribution in [0.1, 0.15) is 26.7 Å².